The Morgan fingerprint density at radius 3 is 2.93 bits per heavy atom. The minimum Gasteiger partial charge on any atom is -0.348 e. The molecule has 0 saturated carbocycles. The van der Waals surface area contributed by atoms with Gasteiger partial charge in [-0.1, -0.05) is 13.3 Å². The van der Waals surface area contributed by atoms with Crippen molar-refractivity contribution in [3.63, 3.8) is 0 Å². The second-order valence-electron chi connectivity index (χ2n) is 3.68. The zero-order valence-electron chi connectivity index (χ0n) is 9.19. The number of nitrogens with two attached hydrogens (primary N) is 1. The molecule has 3 N–H and O–H groups in total. The molecule has 1 rings (SSSR count). The van der Waals surface area contributed by atoms with Crippen LogP contribution in [0.15, 0.2) is 16.8 Å². The Bertz CT molecular complexity index is 298. The van der Waals surface area contributed by atoms with Crippen LogP contribution in [0.3, 0.4) is 0 Å². The van der Waals surface area contributed by atoms with Gasteiger partial charge in [0.2, 0.25) is 5.91 Å². The van der Waals surface area contributed by atoms with Crippen molar-refractivity contribution in [3.05, 3.63) is 22.4 Å². The second-order valence-corrected chi connectivity index (χ2v) is 4.46. The van der Waals surface area contributed by atoms with Gasteiger partial charge in [0.15, 0.2) is 0 Å². The van der Waals surface area contributed by atoms with Gasteiger partial charge in [-0.15, -0.1) is 0 Å². The van der Waals surface area contributed by atoms with Crippen LogP contribution in [0.1, 0.15) is 38.3 Å². The third kappa shape index (κ3) is 3.64. The summed E-state index contributed by atoms with van der Waals surface area (Å²) in [6, 6.07) is 1.68. The third-order valence-electron chi connectivity index (χ3n) is 2.34. The van der Waals surface area contributed by atoms with E-state index in [-0.39, 0.29) is 18.0 Å². The van der Waals surface area contributed by atoms with E-state index in [1.54, 1.807) is 11.3 Å². The molecular formula is C11H18N2OS. The van der Waals surface area contributed by atoms with Gasteiger partial charge < -0.3 is 11.1 Å². The van der Waals surface area contributed by atoms with Crippen LogP contribution < -0.4 is 11.1 Å². The van der Waals surface area contributed by atoms with E-state index in [0.717, 1.165) is 18.4 Å². The van der Waals surface area contributed by atoms with Crippen molar-refractivity contribution in [2.24, 2.45) is 5.73 Å². The lowest BCUT2D eigenvalue weighted by Crippen LogP contribution is -2.41. The van der Waals surface area contributed by atoms with Crippen molar-refractivity contribution in [2.75, 3.05) is 0 Å². The van der Waals surface area contributed by atoms with Crippen molar-refractivity contribution in [3.8, 4) is 0 Å². The molecule has 2 atom stereocenters. The number of carbonyl (C=O) groups excluding carboxylic acids is 1. The lowest BCUT2D eigenvalue weighted by atomic mass is 10.1. The first-order valence-corrected chi connectivity index (χ1v) is 6.17. The molecule has 15 heavy (non-hydrogen) atoms. The van der Waals surface area contributed by atoms with Gasteiger partial charge in [-0.25, -0.2) is 0 Å². The molecule has 1 aromatic heterocycles. The van der Waals surface area contributed by atoms with E-state index >= 15 is 0 Å². The minimum absolute atomic E-state index is 0.0478. The number of thiophene rings is 1. The summed E-state index contributed by atoms with van der Waals surface area (Å²) >= 11 is 1.63. The van der Waals surface area contributed by atoms with Crippen molar-refractivity contribution in [1.29, 1.82) is 0 Å². The van der Waals surface area contributed by atoms with Gasteiger partial charge in [0, 0.05) is 0 Å². The van der Waals surface area contributed by atoms with Gasteiger partial charge in [-0.05, 0) is 35.7 Å². The standard InChI is InChI=1S/C11H18N2OS/c1-3-4-10(12)11(14)13-8(2)9-5-6-15-7-9/h5-8,10H,3-4,12H2,1-2H3,(H,13,14)/t8?,10-/m1/s1. The van der Waals surface area contributed by atoms with Crippen molar-refractivity contribution >= 4 is 17.2 Å². The van der Waals surface area contributed by atoms with Gasteiger partial charge >= 0.3 is 0 Å². The maximum absolute atomic E-state index is 11.6. The van der Waals surface area contributed by atoms with Crippen molar-refractivity contribution < 1.29 is 4.79 Å². The topological polar surface area (TPSA) is 55.1 Å². The smallest absolute Gasteiger partial charge is 0.237 e. The van der Waals surface area contributed by atoms with Crippen LogP contribution in [0.2, 0.25) is 0 Å². The van der Waals surface area contributed by atoms with Crippen LogP contribution in [-0.2, 0) is 4.79 Å². The summed E-state index contributed by atoms with van der Waals surface area (Å²) in [5.74, 6) is -0.0597. The Balaban J connectivity index is 2.44. The molecule has 1 aromatic rings. The van der Waals surface area contributed by atoms with E-state index in [9.17, 15) is 4.79 Å². The lowest BCUT2D eigenvalue weighted by molar-refractivity contribution is -0.123. The van der Waals surface area contributed by atoms with E-state index < -0.39 is 0 Å². The van der Waals surface area contributed by atoms with E-state index in [1.165, 1.54) is 0 Å². The molecule has 84 valence electrons. The number of amides is 1. The molecule has 0 fully saturated rings. The number of hydrogen-bond acceptors (Lipinski definition) is 3. The van der Waals surface area contributed by atoms with E-state index in [2.05, 4.69) is 5.32 Å². The summed E-state index contributed by atoms with van der Waals surface area (Å²) in [4.78, 5) is 11.6. The lowest BCUT2D eigenvalue weighted by Gasteiger charge is -2.16. The van der Waals surface area contributed by atoms with Crippen molar-refractivity contribution in [1.82, 2.24) is 5.32 Å². The van der Waals surface area contributed by atoms with Crippen LogP contribution in [-0.4, -0.2) is 11.9 Å². The van der Waals surface area contributed by atoms with E-state index in [1.807, 2.05) is 30.7 Å². The zero-order valence-corrected chi connectivity index (χ0v) is 10.0. The second kappa shape index (κ2) is 5.88. The summed E-state index contributed by atoms with van der Waals surface area (Å²) in [6.45, 7) is 3.99. The molecule has 0 bridgehead atoms. The molecule has 0 saturated heterocycles. The molecule has 0 spiro atoms. The minimum atomic E-state index is -0.379. The maximum Gasteiger partial charge on any atom is 0.237 e. The molecule has 4 heteroatoms. The largest absolute Gasteiger partial charge is 0.348 e. The molecule has 0 aliphatic heterocycles. The van der Waals surface area contributed by atoms with Gasteiger partial charge in [0.05, 0.1) is 12.1 Å². The van der Waals surface area contributed by atoms with Crippen LogP contribution >= 0.6 is 11.3 Å². The van der Waals surface area contributed by atoms with Crippen LogP contribution in [0.4, 0.5) is 0 Å². The highest BCUT2D eigenvalue weighted by Gasteiger charge is 2.15. The van der Waals surface area contributed by atoms with Crippen LogP contribution in [0, 0.1) is 0 Å². The highest BCUT2D eigenvalue weighted by Crippen LogP contribution is 2.15. The first kappa shape index (κ1) is 12.2. The fourth-order valence-corrected chi connectivity index (χ4v) is 2.12. The fraction of sp³-hybridized carbons (Fsp3) is 0.545. The molecule has 0 radical (unpaired) electrons. The van der Waals surface area contributed by atoms with Crippen LogP contribution in [0.25, 0.3) is 0 Å². The maximum atomic E-state index is 11.6. The average molecular weight is 226 g/mol. The van der Waals surface area contributed by atoms with Gasteiger partial charge in [-0.3, -0.25) is 4.79 Å². The molecule has 0 aliphatic rings. The molecule has 3 nitrogen and oxygen atoms in total. The SMILES string of the molecule is CCC[C@@H](N)C(=O)NC(C)c1ccsc1. The molecule has 1 amide bonds. The quantitative estimate of drug-likeness (QED) is 0.807. The Hall–Kier alpha value is -0.870. The summed E-state index contributed by atoms with van der Waals surface area (Å²) in [7, 11) is 0. The number of rotatable bonds is 5. The normalized spacial score (nSPS) is 14.6. The average Bonchev–Trinajstić information content (AvgIpc) is 2.70. The Labute approximate surface area is 94.7 Å². The summed E-state index contributed by atoms with van der Waals surface area (Å²) in [5.41, 5.74) is 6.86. The monoisotopic (exact) mass is 226 g/mol. The van der Waals surface area contributed by atoms with E-state index in [4.69, 9.17) is 5.73 Å². The van der Waals surface area contributed by atoms with Gasteiger partial charge in [-0.2, -0.15) is 11.3 Å². The molecule has 1 heterocycles. The molecule has 1 unspecified atom stereocenters. The highest BCUT2D eigenvalue weighted by atomic mass is 32.1. The van der Waals surface area contributed by atoms with Crippen LogP contribution in [0.5, 0.6) is 0 Å². The van der Waals surface area contributed by atoms with Gasteiger partial charge in [0.25, 0.3) is 0 Å². The predicted molar refractivity (Wildman–Crippen MR) is 63.8 cm³/mol. The predicted octanol–water partition coefficient (Wildman–Crippen LogP) is 2.05. The first-order valence-electron chi connectivity index (χ1n) is 5.23. The molecular weight excluding hydrogens is 208 g/mol. The van der Waals surface area contributed by atoms with Crippen molar-refractivity contribution in [2.45, 2.75) is 38.8 Å². The zero-order chi connectivity index (χ0) is 11.3. The summed E-state index contributed by atoms with van der Waals surface area (Å²) in [5, 5.41) is 6.95. The third-order valence-corrected chi connectivity index (χ3v) is 3.04. The fourth-order valence-electron chi connectivity index (χ4n) is 1.37. The Kier molecular flexibility index (Phi) is 4.78. The molecule has 0 aromatic carbocycles. The Morgan fingerprint density at radius 1 is 1.67 bits per heavy atom. The summed E-state index contributed by atoms with van der Waals surface area (Å²) < 4.78 is 0. The highest BCUT2D eigenvalue weighted by molar-refractivity contribution is 7.07. The van der Waals surface area contributed by atoms with Gasteiger partial charge in [0.1, 0.15) is 0 Å². The summed E-state index contributed by atoms with van der Waals surface area (Å²) in [6.07, 6.45) is 1.67. The number of hydrogen-bond donors (Lipinski definition) is 2. The van der Waals surface area contributed by atoms with E-state index in [0.29, 0.717) is 0 Å². The number of carbonyl (C=O) groups is 1. The Morgan fingerprint density at radius 2 is 2.40 bits per heavy atom. The first-order chi connectivity index (χ1) is 7.15. The number of nitrogens with one attached hydrogen (secondary N) is 1. The molecule has 0 aliphatic carbocycles.